The van der Waals surface area contributed by atoms with Crippen molar-refractivity contribution in [2.75, 3.05) is 18.2 Å². The summed E-state index contributed by atoms with van der Waals surface area (Å²) in [5, 5.41) is 11.8. The Labute approximate surface area is 168 Å². The number of benzene rings is 2. The number of aromatic nitrogens is 2. The minimum atomic E-state index is -0.419. The normalized spacial score (nSPS) is 10.8. The fourth-order valence-corrected chi connectivity index (χ4v) is 3.24. The summed E-state index contributed by atoms with van der Waals surface area (Å²) in [4.78, 5) is 23.5. The molecule has 4 aromatic rings. The third-order valence-corrected chi connectivity index (χ3v) is 4.79. The van der Waals surface area contributed by atoms with Crippen LogP contribution in [0.3, 0.4) is 0 Å². The summed E-state index contributed by atoms with van der Waals surface area (Å²) >= 11 is 1.13. The molecule has 1 amide bonds. The Balaban J connectivity index is 1.39. The molecule has 0 aliphatic carbocycles. The predicted octanol–water partition coefficient (Wildman–Crippen LogP) is 3.58. The first-order valence-corrected chi connectivity index (χ1v) is 9.54. The van der Waals surface area contributed by atoms with Crippen molar-refractivity contribution in [2.45, 2.75) is 5.22 Å². The van der Waals surface area contributed by atoms with Crippen LogP contribution in [0.25, 0.3) is 22.4 Å². The van der Waals surface area contributed by atoms with Gasteiger partial charge in [0.25, 0.3) is 11.1 Å². The van der Waals surface area contributed by atoms with Crippen LogP contribution in [-0.2, 0) is 4.79 Å². The highest BCUT2D eigenvalue weighted by Crippen LogP contribution is 2.30. The SMILES string of the molecule is COc1ccccc1-c1nnc(SCC(=O)Nc2ccc3oc(=O)ccc3c2)o1. The third kappa shape index (κ3) is 4.30. The van der Waals surface area contributed by atoms with Crippen LogP contribution >= 0.6 is 11.8 Å². The van der Waals surface area contributed by atoms with Crippen molar-refractivity contribution in [3.8, 4) is 17.2 Å². The van der Waals surface area contributed by atoms with Crippen molar-refractivity contribution in [1.29, 1.82) is 0 Å². The molecular weight excluding hydrogens is 394 g/mol. The van der Waals surface area contributed by atoms with E-state index < -0.39 is 5.63 Å². The van der Waals surface area contributed by atoms with Crippen LogP contribution in [0.4, 0.5) is 5.69 Å². The number of carbonyl (C=O) groups excluding carboxylic acids is 1. The van der Waals surface area contributed by atoms with Gasteiger partial charge in [-0.2, -0.15) is 0 Å². The lowest BCUT2D eigenvalue weighted by atomic mass is 10.2. The van der Waals surface area contributed by atoms with E-state index in [4.69, 9.17) is 13.6 Å². The van der Waals surface area contributed by atoms with E-state index >= 15 is 0 Å². The molecule has 0 fully saturated rings. The third-order valence-electron chi connectivity index (χ3n) is 3.97. The van der Waals surface area contributed by atoms with Gasteiger partial charge < -0.3 is 18.9 Å². The molecule has 0 unspecified atom stereocenters. The number of amides is 1. The topological polar surface area (TPSA) is 107 Å². The summed E-state index contributed by atoms with van der Waals surface area (Å²) < 4.78 is 16.0. The summed E-state index contributed by atoms with van der Waals surface area (Å²) in [5.41, 5.74) is 1.32. The van der Waals surface area contributed by atoms with Gasteiger partial charge in [-0.15, -0.1) is 10.2 Å². The van der Waals surface area contributed by atoms with Gasteiger partial charge in [0.05, 0.1) is 18.4 Å². The van der Waals surface area contributed by atoms with Crippen molar-refractivity contribution < 1.29 is 18.4 Å². The molecule has 0 saturated carbocycles. The maximum atomic E-state index is 12.2. The molecule has 2 aromatic heterocycles. The molecule has 4 rings (SSSR count). The average Bonchev–Trinajstić information content (AvgIpc) is 3.21. The molecule has 2 aromatic carbocycles. The van der Waals surface area contributed by atoms with Gasteiger partial charge >= 0.3 is 5.63 Å². The Kier molecular flexibility index (Phi) is 5.30. The second kappa shape index (κ2) is 8.19. The monoisotopic (exact) mass is 409 g/mol. The summed E-state index contributed by atoms with van der Waals surface area (Å²) in [7, 11) is 1.57. The minimum Gasteiger partial charge on any atom is -0.496 e. The number of rotatable bonds is 6. The van der Waals surface area contributed by atoms with Gasteiger partial charge in [0.2, 0.25) is 5.91 Å². The molecule has 0 saturated heterocycles. The lowest BCUT2D eigenvalue weighted by Gasteiger charge is -2.05. The fourth-order valence-electron chi connectivity index (χ4n) is 2.67. The largest absolute Gasteiger partial charge is 0.496 e. The first-order chi connectivity index (χ1) is 14.1. The van der Waals surface area contributed by atoms with Gasteiger partial charge in [-0.25, -0.2) is 4.79 Å². The summed E-state index contributed by atoms with van der Waals surface area (Å²) in [6, 6.07) is 15.3. The molecule has 0 aliphatic heterocycles. The molecule has 8 nitrogen and oxygen atoms in total. The number of nitrogens with one attached hydrogen (secondary N) is 1. The van der Waals surface area contributed by atoms with E-state index in [0.717, 1.165) is 11.8 Å². The number of hydrogen-bond donors (Lipinski definition) is 1. The number of methoxy groups -OCH3 is 1. The fraction of sp³-hybridized carbons (Fsp3) is 0.100. The zero-order valence-corrected chi connectivity index (χ0v) is 16.1. The molecule has 9 heteroatoms. The molecular formula is C20H15N3O5S. The minimum absolute atomic E-state index is 0.0927. The zero-order chi connectivity index (χ0) is 20.2. The van der Waals surface area contributed by atoms with Crippen molar-refractivity contribution in [3.05, 3.63) is 65.0 Å². The summed E-state index contributed by atoms with van der Waals surface area (Å²) in [6.07, 6.45) is 0. The number of anilines is 1. The first-order valence-electron chi connectivity index (χ1n) is 8.56. The number of carbonyl (C=O) groups is 1. The van der Waals surface area contributed by atoms with Crippen molar-refractivity contribution >= 4 is 34.3 Å². The summed E-state index contributed by atoms with van der Waals surface area (Å²) in [6.45, 7) is 0. The molecule has 0 aliphatic rings. The van der Waals surface area contributed by atoms with Gasteiger partial charge in [0.1, 0.15) is 11.3 Å². The molecule has 2 heterocycles. The van der Waals surface area contributed by atoms with Crippen LogP contribution in [-0.4, -0.2) is 29.0 Å². The second-order valence-corrected chi connectivity index (χ2v) is 6.84. The maximum absolute atomic E-state index is 12.2. The number of fused-ring (bicyclic) bond motifs is 1. The molecule has 1 N–H and O–H groups in total. The zero-order valence-electron chi connectivity index (χ0n) is 15.2. The van der Waals surface area contributed by atoms with Crippen molar-refractivity contribution in [2.24, 2.45) is 0 Å². The molecule has 0 radical (unpaired) electrons. The van der Waals surface area contributed by atoms with Crippen LogP contribution in [0.15, 0.2) is 73.4 Å². The molecule has 146 valence electrons. The number of thioether (sulfide) groups is 1. The molecule has 29 heavy (non-hydrogen) atoms. The summed E-state index contributed by atoms with van der Waals surface area (Å²) in [5.74, 6) is 0.804. The Morgan fingerprint density at radius 2 is 1.97 bits per heavy atom. The Bertz CT molecular complexity index is 1230. The van der Waals surface area contributed by atoms with Gasteiger partial charge in [-0.05, 0) is 36.4 Å². The lowest BCUT2D eigenvalue weighted by molar-refractivity contribution is -0.113. The smallest absolute Gasteiger partial charge is 0.336 e. The van der Waals surface area contributed by atoms with E-state index in [1.54, 1.807) is 37.4 Å². The lowest BCUT2D eigenvalue weighted by Crippen LogP contribution is -2.14. The van der Waals surface area contributed by atoms with Crippen LogP contribution in [0, 0.1) is 0 Å². The Hall–Kier alpha value is -3.59. The van der Waals surface area contributed by atoms with E-state index in [9.17, 15) is 9.59 Å². The predicted molar refractivity (Wildman–Crippen MR) is 108 cm³/mol. The average molecular weight is 409 g/mol. The van der Waals surface area contributed by atoms with Gasteiger partial charge in [0.15, 0.2) is 0 Å². The highest BCUT2D eigenvalue weighted by molar-refractivity contribution is 7.99. The second-order valence-electron chi connectivity index (χ2n) is 5.92. The van der Waals surface area contributed by atoms with Gasteiger partial charge in [-0.3, -0.25) is 4.79 Å². The van der Waals surface area contributed by atoms with Gasteiger partial charge in [-0.1, -0.05) is 23.9 Å². The van der Waals surface area contributed by atoms with Crippen LogP contribution in [0.5, 0.6) is 5.75 Å². The molecule has 0 spiro atoms. The van der Waals surface area contributed by atoms with E-state index in [1.807, 2.05) is 18.2 Å². The Morgan fingerprint density at radius 3 is 2.83 bits per heavy atom. The van der Waals surface area contributed by atoms with Gasteiger partial charge in [0, 0.05) is 17.1 Å². The maximum Gasteiger partial charge on any atom is 0.336 e. The van der Waals surface area contributed by atoms with Crippen LogP contribution in [0.2, 0.25) is 0 Å². The number of nitrogens with zero attached hydrogens (tertiary/aromatic N) is 2. The van der Waals surface area contributed by atoms with Crippen LogP contribution in [0.1, 0.15) is 0 Å². The Morgan fingerprint density at radius 1 is 1.10 bits per heavy atom. The number of para-hydroxylation sites is 1. The van der Waals surface area contributed by atoms with E-state index in [0.29, 0.717) is 33.9 Å². The van der Waals surface area contributed by atoms with Crippen LogP contribution < -0.4 is 15.7 Å². The number of hydrogen-bond acceptors (Lipinski definition) is 8. The van der Waals surface area contributed by atoms with E-state index in [2.05, 4.69) is 15.5 Å². The van der Waals surface area contributed by atoms with E-state index in [-0.39, 0.29) is 16.9 Å². The van der Waals surface area contributed by atoms with E-state index in [1.165, 1.54) is 6.07 Å². The van der Waals surface area contributed by atoms with Crippen molar-refractivity contribution in [1.82, 2.24) is 10.2 Å². The quantitative estimate of drug-likeness (QED) is 0.380. The standard InChI is InChI=1S/C20H15N3O5S/c1-26-16-5-3-2-4-14(16)19-22-23-20(28-19)29-11-17(24)21-13-7-8-15-12(10-13)6-9-18(25)27-15/h2-10H,11H2,1H3,(H,21,24). The highest BCUT2D eigenvalue weighted by Gasteiger charge is 2.14. The number of ether oxygens (including phenoxy) is 1. The molecule has 0 bridgehead atoms. The first kappa shape index (κ1) is 18.8. The highest BCUT2D eigenvalue weighted by atomic mass is 32.2. The van der Waals surface area contributed by atoms with Crippen molar-refractivity contribution in [3.63, 3.8) is 0 Å². The molecule has 0 atom stereocenters.